The highest BCUT2D eigenvalue weighted by Crippen LogP contribution is 2.32. The maximum absolute atomic E-state index is 12.8. The molecule has 0 aliphatic heterocycles. The molecule has 0 bridgehead atoms. The lowest BCUT2D eigenvalue weighted by molar-refractivity contribution is 0.628. The minimum atomic E-state index is -0.663. The van der Waals surface area contributed by atoms with E-state index in [0.29, 0.717) is 5.56 Å². The summed E-state index contributed by atoms with van der Waals surface area (Å²) in [6, 6.07) is 1.44. The molecule has 0 amide bonds. The zero-order valence-corrected chi connectivity index (χ0v) is 7.86. The third-order valence-electron chi connectivity index (χ3n) is 1.28. The summed E-state index contributed by atoms with van der Waals surface area (Å²) in [4.78, 5) is 0. The fourth-order valence-corrected chi connectivity index (χ4v) is 1.39. The molecule has 0 N–H and O–H groups in total. The molecular formula is C7H4Cl3F. The maximum atomic E-state index is 12.8. The van der Waals surface area contributed by atoms with Gasteiger partial charge in [-0.25, -0.2) is 4.39 Å². The Morgan fingerprint density at radius 3 is 2.27 bits per heavy atom. The molecule has 0 radical (unpaired) electrons. The second kappa shape index (κ2) is 3.18. The van der Waals surface area contributed by atoms with Crippen molar-refractivity contribution in [2.24, 2.45) is 0 Å². The molecule has 0 nitrogen and oxygen atoms in total. The van der Waals surface area contributed by atoms with Crippen LogP contribution in [0.5, 0.6) is 0 Å². The van der Waals surface area contributed by atoms with Crippen LogP contribution in [0.3, 0.4) is 0 Å². The van der Waals surface area contributed by atoms with Gasteiger partial charge >= 0.3 is 0 Å². The molecule has 60 valence electrons. The van der Waals surface area contributed by atoms with Crippen molar-refractivity contribution in [2.45, 2.75) is 6.92 Å². The van der Waals surface area contributed by atoms with E-state index in [2.05, 4.69) is 0 Å². The summed E-state index contributed by atoms with van der Waals surface area (Å²) in [5.74, 6) is -0.663. The molecular weight excluding hydrogens is 209 g/mol. The van der Waals surface area contributed by atoms with Crippen molar-refractivity contribution in [3.63, 3.8) is 0 Å². The quantitative estimate of drug-likeness (QED) is 0.450. The number of aryl methyl sites for hydroxylation is 1. The van der Waals surface area contributed by atoms with Crippen molar-refractivity contribution in [3.8, 4) is 0 Å². The monoisotopic (exact) mass is 212 g/mol. The van der Waals surface area contributed by atoms with Gasteiger partial charge < -0.3 is 0 Å². The van der Waals surface area contributed by atoms with E-state index in [-0.39, 0.29) is 15.1 Å². The number of rotatable bonds is 0. The molecule has 0 atom stereocenters. The molecule has 1 aromatic carbocycles. The van der Waals surface area contributed by atoms with Gasteiger partial charge in [0, 0.05) is 0 Å². The Morgan fingerprint density at radius 1 is 1.18 bits per heavy atom. The SMILES string of the molecule is Cc1cc(Cl)c(F)c(Cl)c1Cl. The standard InChI is InChI=1S/C7H4Cl3F/c1-3-2-4(8)7(11)6(10)5(3)9/h2H,1H3. The van der Waals surface area contributed by atoms with Gasteiger partial charge in [0.05, 0.1) is 15.1 Å². The third-order valence-corrected chi connectivity index (χ3v) is 2.50. The van der Waals surface area contributed by atoms with Crippen molar-refractivity contribution < 1.29 is 4.39 Å². The molecule has 0 saturated carbocycles. The van der Waals surface area contributed by atoms with Crippen molar-refractivity contribution in [2.75, 3.05) is 0 Å². The first-order chi connectivity index (χ1) is 5.04. The first kappa shape index (κ1) is 9.11. The van der Waals surface area contributed by atoms with Crippen molar-refractivity contribution in [1.82, 2.24) is 0 Å². The van der Waals surface area contributed by atoms with Crippen LogP contribution in [-0.4, -0.2) is 0 Å². The lowest BCUT2D eigenvalue weighted by Crippen LogP contribution is -1.84. The zero-order valence-electron chi connectivity index (χ0n) is 5.59. The van der Waals surface area contributed by atoms with Crippen LogP contribution < -0.4 is 0 Å². The Balaban J connectivity index is 3.46. The predicted octanol–water partition coefficient (Wildman–Crippen LogP) is 4.09. The summed E-state index contributed by atoms with van der Waals surface area (Å²) in [5, 5.41) is 0.0992. The van der Waals surface area contributed by atoms with Crippen molar-refractivity contribution in [3.05, 3.63) is 32.5 Å². The number of benzene rings is 1. The molecule has 0 heterocycles. The van der Waals surface area contributed by atoms with Gasteiger partial charge in [0.25, 0.3) is 0 Å². The van der Waals surface area contributed by atoms with Crippen LogP contribution in [0.25, 0.3) is 0 Å². The van der Waals surface area contributed by atoms with E-state index in [1.807, 2.05) is 0 Å². The fraction of sp³-hybridized carbons (Fsp3) is 0.143. The van der Waals surface area contributed by atoms with Crippen LogP contribution in [-0.2, 0) is 0 Å². The van der Waals surface area contributed by atoms with E-state index in [4.69, 9.17) is 34.8 Å². The highest BCUT2D eigenvalue weighted by molar-refractivity contribution is 6.43. The van der Waals surface area contributed by atoms with Crippen LogP contribution in [0.15, 0.2) is 6.07 Å². The second-order valence-corrected chi connectivity index (χ2v) is 3.28. The molecule has 0 aromatic heterocycles. The zero-order chi connectivity index (χ0) is 8.59. The van der Waals surface area contributed by atoms with Gasteiger partial charge in [0.2, 0.25) is 0 Å². The minimum absolute atomic E-state index is 0.00287. The van der Waals surface area contributed by atoms with Crippen LogP contribution in [0.2, 0.25) is 15.1 Å². The normalized spacial score (nSPS) is 10.3. The molecule has 0 aliphatic carbocycles. The molecule has 1 rings (SSSR count). The summed E-state index contributed by atoms with van der Waals surface area (Å²) in [6.07, 6.45) is 0. The van der Waals surface area contributed by atoms with Gasteiger partial charge in [-0.15, -0.1) is 0 Å². The molecule has 1 aromatic rings. The Kier molecular flexibility index (Phi) is 2.63. The van der Waals surface area contributed by atoms with Gasteiger partial charge in [-0.1, -0.05) is 34.8 Å². The number of hydrogen-bond donors (Lipinski definition) is 0. The maximum Gasteiger partial charge on any atom is 0.161 e. The van der Waals surface area contributed by atoms with Crippen LogP contribution >= 0.6 is 34.8 Å². The topological polar surface area (TPSA) is 0 Å². The molecule has 0 spiro atoms. The largest absolute Gasteiger partial charge is 0.204 e. The van der Waals surface area contributed by atoms with Gasteiger partial charge in [0.15, 0.2) is 5.82 Å². The van der Waals surface area contributed by atoms with E-state index in [9.17, 15) is 4.39 Å². The Hall–Kier alpha value is 0.0200. The molecule has 11 heavy (non-hydrogen) atoms. The molecule has 0 aliphatic rings. The van der Waals surface area contributed by atoms with E-state index in [1.54, 1.807) is 6.92 Å². The summed E-state index contributed by atoms with van der Waals surface area (Å²) in [6.45, 7) is 1.71. The third kappa shape index (κ3) is 1.61. The average Bonchev–Trinajstić information content (AvgIpc) is 1.97. The van der Waals surface area contributed by atoms with Gasteiger partial charge in [-0.3, -0.25) is 0 Å². The Bertz CT molecular complexity index is 270. The van der Waals surface area contributed by atoms with E-state index in [1.165, 1.54) is 6.07 Å². The van der Waals surface area contributed by atoms with Gasteiger partial charge in [0.1, 0.15) is 0 Å². The van der Waals surface area contributed by atoms with Gasteiger partial charge in [-0.2, -0.15) is 0 Å². The molecule has 0 fully saturated rings. The first-order valence-electron chi connectivity index (χ1n) is 2.83. The van der Waals surface area contributed by atoms with Crippen LogP contribution in [0, 0.1) is 12.7 Å². The Labute approximate surface area is 78.9 Å². The smallest absolute Gasteiger partial charge is 0.161 e. The lowest BCUT2D eigenvalue weighted by Gasteiger charge is -2.02. The van der Waals surface area contributed by atoms with Crippen molar-refractivity contribution in [1.29, 1.82) is 0 Å². The minimum Gasteiger partial charge on any atom is -0.204 e. The molecule has 0 saturated heterocycles. The summed E-state index contributed by atoms with van der Waals surface area (Å²) in [7, 11) is 0. The fourth-order valence-electron chi connectivity index (χ4n) is 0.691. The van der Waals surface area contributed by atoms with Crippen LogP contribution in [0.4, 0.5) is 4.39 Å². The Morgan fingerprint density at radius 2 is 1.73 bits per heavy atom. The second-order valence-electron chi connectivity index (χ2n) is 2.12. The highest BCUT2D eigenvalue weighted by Gasteiger charge is 2.11. The van der Waals surface area contributed by atoms with Gasteiger partial charge in [-0.05, 0) is 18.6 Å². The molecule has 4 heteroatoms. The highest BCUT2D eigenvalue weighted by atomic mass is 35.5. The predicted molar refractivity (Wildman–Crippen MR) is 46.2 cm³/mol. The number of hydrogen-bond acceptors (Lipinski definition) is 0. The lowest BCUT2D eigenvalue weighted by atomic mass is 10.2. The van der Waals surface area contributed by atoms with Crippen molar-refractivity contribution >= 4 is 34.8 Å². The summed E-state index contributed by atoms with van der Waals surface area (Å²) < 4.78 is 12.8. The van der Waals surface area contributed by atoms with E-state index < -0.39 is 5.82 Å². The van der Waals surface area contributed by atoms with E-state index >= 15 is 0 Å². The summed E-state index contributed by atoms with van der Waals surface area (Å²) >= 11 is 16.6. The number of halogens is 4. The van der Waals surface area contributed by atoms with E-state index in [0.717, 1.165) is 0 Å². The summed E-state index contributed by atoms with van der Waals surface area (Å²) in [5.41, 5.74) is 0.670. The average molecular weight is 213 g/mol. The first-order valence-corrected chi connectivity index (χ1v) is 3.97. The molecule has 0 unspecified atom stereocenters. The van der Waals surface area contributed by atoms with Crippen LogP contribution in [0.1, 0.15) is 5.56 Å².